The van der Waals surface area contributed by atoms with Crippen molar-refractivity contribution in [2.24, 2.45) is 5.73 Å². The van der Waals surface area contributed by atoms with Crippen LogP contribution in [0.1, 0.15) is 37.0 Å². The summed E-state index contributed by atoms with van der Waals surface area (Å²) in [6.45, 7) is 3.11. The summed E-state index contributed by atoms with van der Waals surface area (Å²) in [7, 11) is 0. The Labute approximate surface area is 236 Å². The van der Waals surface area contributed by atoms with Gasteiger partial charge in [0.15, 0.2) is 0 Å². The molecule has 1 unspecified atom stereocenters. The van der Waals surface area contributed by atoms with Gasteiger partial charge in [-0.15, -0.1) is 0 Å². The van der Waals surface area contributed by atoms with Crippen molar-refractivity contribution in [2.75, 3.05) is 0 Å². The number of thiophene rings is 1. The van der Waals surface area contributed by atoms with Crippen LogP contribution in [-0.4, -0.2) is 47.5 Å². The van der Waals surface area contributed by atoms with Gasteiger partial charge >= 0.3 is 130 Å². The molecule has 2 aromatic heterocycles. The van der Waals surface area contributed by atoms with Gasteiger partial charge in [0, 0.05) is 17.4 Å². The van der Waals surface area contributed by atoms with Crippen LogP contribution in [0.5, 0.6) is 0 Å². The van der Waals surface area contributed by atoms with Crippen LogP contribution in [0.2, 0.25) is 0 Å². The van der Waals surface area contributed by atoms with E-state index in [-0.39, 0.29) is 15.8 Å². The van der Waals surface area contributed by atoms with Gasteiger partial charge in [0.1, 0.15) is 17.5 Å². The molecule has 2 aromatic carbocycles. The Kier molecular flexibility index (Phi) is 13.0. The fourth-order valence-corrected chi connectivity index (χ4v) is 5.81. The molecule has 14 heteroatoms. The van der Waals surface area contributed by atoms with Crippen LogP contribution in [0, 0.1) is 0 Å². The fourth-order valence-electron chi connectivity index (χ4n) is 2.97. The number of aromatic nitrogens is 1. The number of carbonyl (C=O) groups is 3. The first-order valence-corrected chi connectivity index (χ1v) is 15.8. The molecule has 0 saturated heterocycles. The van der Waals surface area contributed by atoms with Crippen molar-refractivity contribution in [1.29, 1.82) is 0 Å². The standard InChI is InChI=1S/C14H14AsNO5.C8H5NO3S.C4H9NO/c1-11(17)16-20-15(18,21-19)14-9-5-8-13(10-14)12-6-3-2-4-7-12;10-8(11)6-3-12-9-7(6)5-1-2-13-4-5;1-2-3-4(5)6/h2-10,19H,1H3,(H,16,17);1-4H,(H,10,11);2-3H2,1H3,(H2,5,6). The Morgan fingerprint density at radius 2 is 1.77 bits per heavy atom. The first kappa shape index (κ1) is 32.2. The van der Waals surface area contributed by atoms with Gasteiger partial charge in [-0.25, -0.2) is 4.79 Å². The van der Waals surface area contributed by atoms with Crippen LogP contribution in [0.4, 0.5) is 0 Å². The monoisotopic (exact) mass is 633 g/mol. The van der Waals surface area contributed by atoms with E-state index >= 15 is 0 Å². The second kappa shape index (κ2) is 16.2. The third-order valence-corrected chi connectivity index (χ3v) is 8.52. The summed E-state index contributed by atoms with van der Waals surface area (Å²) < 4.78 is 26.0. The zero-order valence-corrected chi connectivity index (χ0v) is 24.2. The quantitative estimate of drug-likeness (QED) is 0.120. The van der Waals surface area contributed by atoms with Crippen LogP contribution in [-0.2, 0) is 21.0 Å². The summed E-state index contributed by atoms with van der Waals surface area (Å²) in [5.41, 5.74) is 9.66. The maximum absolute atomic E-state index is 12.4. The van der Waals surface area contributed by atoms with Crippen molar-refractivity contribution in [2.45, 2.75) is 26.7 Å². The van der Waals surface area contributed by atoms with Crippen molar-refractivity contribution in [3.05, 3.63) is 83.3 Å². The minimum Gasteiger partial charge on any atom is -0.477 e. The molecular weight excluding hydrogens is 605 g/mol. The van der Waals surface area contributed by atoms with Gasteiger partial charge in [0.25, 0.3) is 0 Å². The first-order chi connectivity index (χ1) is 19.1. The van der Waals surface area contributed by atoms with E-state index in [1.54, 1.807) is 18.2 Å². The minimum absolute atomic E-state index is 0.0957. The number of carboxylic acid groups (broad SMARTS) is 1. The Balaban J connectivity index is 0.000000249. The number of carboxylic acids is 1. The zero-order valence-electron chi connectivity index (χ0n) is 21.6. The molecule has 0 spiro atoms. The Bertz CT molecular complexity index is 1430. The maximum Gasteiger partial charge on any atom is 0.341 e. The predicted octanol–water partition coefficient (Wildman–Crippen LogP) is 3.86. The van der Waals surface area contributed by atoms with Crippen LogP contribution in [0.15, 0.2) is 82.2 Å². The number of hydrogen-bond donors (Lipinski definition) is 4. The maximum atomic E-state index is 12.4. The van der Waals surface area contributed by atoms with E-state index in [0.717, 1.165) is 29.4 Å². The van der Waals surface area contributed by atoms with Gasteiger partial charge in [-0.3, -0.25) is 4.79 Å². The Morgan fingerprint density at radius 3 is 2.30 bits per heavy atom. The van der Waals surface area contributed by atoms with Crippen molar-refractivity contribution in [1.82, 2.24) is 10.6 Å². The molecule has 0 aliphatic carbocycles. The summed E-state index contributed by atoms with van der Waals surface area (Å²) in [4.78, 5) is 31.3. The van der Waals surface area contributed by atoms with Gasteiger partial charge in [-0.2, -0.15) is 11.3 Å². The molecule has 0 aliphatic rings. The average Bonchev–Trinajstić information content (AvgIpc) is 3.65. The van der Waals surface area contributed by atoms with Crippen molar-refractivity contribution >= 4 is 47.6 Å². The topological polar surface area (TPSA) is 191 Å². The van der Waals surface area contributed by atoms with E-state index < -0.39 is 26.0 Å². The number of nitrogens with one attached hydrogen (secondary N) is 1. The number of hydrogen-bond acceptors (Lipinski definition) is 10. The summed E-state index contributed by atoms with van der Waals surface area (Å²) in [5, 5.41) is 25.0. The molecule has 2 amide bonds. The number of rotatable bonds is 9. The van der Waals surface area contributed by atoms with Crippen molar-refractivity contribution < 1.29 is 40.7 Å². The van der Waals surface area contributed by atoms with Gasteiger partial charge in [-0.1, -0.05) is 12.1 Å². The van der Waals surface area contributed by atoms with Crippen molar-refractivity contribution in [3.63, 3.8) is 0 Å². The fraction of sp³-hybridized carbons (Fsp3) is 0.154. The minimum atomic E-state index is -4.74. The zero-order chi connectivity index (χ0) is 29.5. The molecule has 4 rings (SSSR count). The number of nitrogens with two attached hydrogens (primary N) is 1. The Hall–Kier alpha value is -4.00. The third kappa shape index (κ3) is 9.95. The summed E-state index contributed by atoms with van der Waals surface area (Å²) in [5.74, 6) is -1.78. The number of carbonyl (C=O) groups excluding carboxylic acids is 2. The summed E-state index contributed by atoms with van der Waals surface area (Å²) in [6, 6.07) is 17.8. The second-order valence-corrected chi connectivity index (χ2v) is 12.5. The summed E-state index contributed by atoms with van der Waals surface area (Å²) in [6.07, 6.45) is 2.50. The predicted molar refractivity (Wildman–Crippen MR) is 147 cm³/mol. The number of aromatic carboxylic acids is 1. The second-order valence-electron chi connectivity index (χ2n) is 7.86. The van der Waals surface area contributed by atoms with Gasteiger partial charge < -0.3 is 15.4 Å². The average molecular weight is 634 g/mol. The van der Waals surface area contributed by atoms with Crippen LogP contribution >= 0.6 is 11.3 Å². The van der Waals surface area contributed by atoms with Gasteiger partial charge in [0.05, 0.1) is 0 Å². The molecular formula is C26H28AsN3O9S. The number of benzene rings is 2. The van der Waals surface area contributed by atoms with Crippen LogP contribution < -0.4 is 15.6 Å². The Morgan fingerprint density at radius 1 is 1.07 bits per heavy atom. The van der Waals surface area contributed by atoms with Gasteiger partial charge in [0.2, 0.25) is 5.91 Å². The molecule has 0 aliphatic heterocycles. The van der Waals surface area contributed by atoms with E-state index in [9.17, 15) is 18.1 Å². The molecule has 5 N–H and O–H groups in total. The van der Waals surface area contributed by atoms with E-state index in [1.165, 1.54) is 24.3 Å². The molecule has 4 aromatic rings. The molecule has 0 fully saturated rings. The molecule has 1 atom stereocenters. The third-order valence-electron chi connectivity index (χ3n) is 4.78. The summed E-state index contributed by atoms with van der Waals surface area (Å²) >= 11 is -3.25. The number of hydroxylamine groups is 1. The number of amides is 2. The molecule has 12 nitrogen and oxygen atoms in total. The SMILES string of the molecule is CC(=O)NO[As](=O)(OO)c1cccc(-c2ccccc2)c1.CCCC(N)=O.O=C(O)c1conc1-c1ccsc1. The number of nitrogens with zero attached hydrogens (tertiary/aromatic N) is 1. The van der Waals surface area contributed by atoms with Gasteiger partial charge in [-0.05, 0) is 17.9 Å². The van der Waals surface area contributed by atoms with E-state index in [4.69, 9.17) is 19.9 Å². The number of primary amides is 1. The van der Waals surface area contributed by atoms with E-state index in [2.05, 4.69) is 13.6 Å². The van der Waals surface area contributed by atoms with Crippen molar-refractivity contribution in [3.8, 4) is 22.4 Å². The molecule has 2 heterocycles. The molecule has 40 heavy (non-hydrogen) atoms. The smallest absolute Gasteiger partial charge is 0.341 e. The van der Waals surface area contributed by atoms with Crippen LogP contribution in [0.25, 0.3) is 22.4 Å². The molecule has 0 saturated carbocycles. The molecule has 212 valence electrons. The first-order valence-electron chi connectivity index (χ1n) is 11.6. The van der Waals surface area contributed by atoms with E-state index in [1.807, 2.05) is 59.6 Å². The molecule has 0 bridgehead atoms. The molecule has 0 radical (unpaired) electrons. The van der Waals surface area contributed by atoms with E-state index in [0.29, 0.717) is 12.1 Å². The van der Waals surface area contributed by atoms with Crippen LogP contribution in [0.3, 0.4) is 0 Å². The normalized spacial score (nSPS) is 11.6. The largest absolute Gasteiger partial charge is 0.477 e.